The number of rotatable bonds is 4. The summed E-state index contributed by atoms with van der Waals surface area (Å²) in [5, 5.41) is 6.93. The molecule has 2 aromatic rings. The van der Waals surface area contributed by atoms with Crippen LogP contribution in [0.4, 0.5) is 0 Å². The van der Waals surface area contributed by atoms with Crippen LogP contribution in [-0.2, 0) is 16.0 Å². The molecule has 1 saturated heterocycles. The summed E-state index contributed by atoms with van der Waals surface area (Å²) in [6.07, 6.45) is 3.90. The minimum Gasteiger partial charge on any atom is -0.361 e. The van der Waals surface area contributed by atoms with Crippen LogP contribution in [0.25, 0.3) is 10.9 Å². The number of piperidine rings is 1. The Morgan fingerprint density at radius 1 is 1.41 bits per heavy atom. The molecular weight excluding hydrogens is 278 g/mol. The number of hydrogen-bond acceptors (Lipinski definition) is 2. The second-order valence-electron chi connectivity index (χ2n) is 5.94. The van der Waals surface area contributed by atoms with Crippen LogP contribution in [0.15, 0.2) is 24.4 Å². The van der Waals surface area contributed by atoms with E-state index in [0.717, 1.165) is 11.9 Å². The molecule has 116 valence electrons. The summed E-state index contributed by atoms with van der Waals surface area (Å²) in [4.78, 5) is 26.4. The molecule has 0 unspecified atom stereocenters. The van der Waals surface area contributed by atoms with Gasteiger partial charge in [0.1, 0.15) is 0 Å². The van der Waals surface area contributed by atoms with Crippen LogP contribution in [0.1, 0.15) is 24.0 Å². The average molecular weight is 299 g/mol. The topological polar surface area (TPSA) is 74.0 Å². The molecule has 1 aliphatic rings. The van der Waals surface area contributed by atoms with Gasteiger partial charge in [-0.2, -0.15) is 0 Å². The summed E-state index contributed by atoms with van der Waals surface area (Å²) >= 11 is 0. The van der Waals surface area contributed by atoms with Crippen molar-refractivity contribution in [3.63, 3.8) is 0 Å². The standard InChI is InChI=1S/C17H21N3O2/c1-11-2-4-14-12(9-19-15(14)8-11)6-7-18-17(22)13-3-5-16(21)20-10-13/h2,4,8-9,13,19H,3,5-7,10H2,1H3,(H,18,22)(H,20,21)/t13-/m0/s1. The van der Waals surface area contributed by atoms with E-state index in [9.17, 15) is 9.59 Å². The summed E-state index contributed by atoms with van der Waals surface area (Å²) in [7, 11) is 0. The Kier molecular flexibility index (Phi) is 4.13. The van der Waals surface area contributed by atoms with E-state index in [1.165, 1.54) is 16.5 Å². The van der Waals surface area contributed by atoms with Crippen LogP contribution >= 0.6 is 0 Å². The molecule has 1 aromatic heterocycles. The fourth-order valence-electron chi connectivity index (χ4n) is 2.93. The molecule has 0 aliphatic carbocycles. The van der Waals surface area contributed by atoms with Crippen molar-refractivity contribution in [3.05, 3.63) is 35.5 Å². The zero-order chi connectivity index (χ0) is 15.5. The lowest BCUT2D eigenvalue weighted by Crippen LogP contribution is -2.43. The third-order valence-corrected chi connectivity index (χ3v) is 4.25. The van der Waals surface area contributed by atoms with Crippen molar-refractivity contribution < 1.29 is 9.59 Å². The summed E-state index contributed by atoms with van der Waals surface area (Å²) in [5.74, 6) is -0.0165. The van der Waals surface area contributed by atoms with Crippen LogP contribution in [-0.4, -0.2) is 29.9 Å². The van der Waals surface area contributed by atoms with Gasteiger partial charge in [0.25, 0.3) is 0 Å². The molecule has 1 atom stereocenters. The van der Waals surface area contributed by atoms with Crippen molar-refractivity contribution in [1.82, 2.24) is 15.6 Å². The monoisotopic (exact) mass is 299 g/mol. The maximum absolute atomic E-state index is 12.1. The Morgan fingerprint density at radius 2 is 2.27 bits per heavy atom. The number of aromatic amines is 1. The molecule has 1 aliphatic heterocycles. The lowest BCUT2D eigenvalue weighted by atomic mass is 9.98. The maximum atomic E-state index is 12.1. The van der Waals surface area contributed by atoms with E-state index in [4.69, 9.17) is 0 Å². The van der Waals surface area contributed by atoms with E-state index in [1.54, 1.807) is 0 Å². The number of H-pyrrole nitrogens is 1. The largest absolute Gasteiger partial charge is 0.361 e. The van der Waals surface area contributed by atoms with Gasteiger partial charge in [0.05, 0.1) is 5.92 Å². The Balaban J connectivity index is 1.54. The number of carbonyl (C=O) groups is 2. The van der Waals surface area contributed by atoms with Gasteiger partial charge in [-0.15, -0.1) is 0 Å². The third kappa shape index (κ3) is 3.13. The lowest BCUT2D eigenvalue weighted by molar-refractivity contribution is -0.128. The summed E-state index contributed by atoms with van der Waals surface area (Å²) in [6.45, 7) is 3.14. The van der Waals surface area contributed by atoms with Crippen LogP contribution < -0.4 is 10.6 Å². The molecule has 5 nitrogen and oxygen atoms in total. The summed E-state index contributed by atoms with van der Waals surface area (Å²) in [5.41, 5.74) is 3.58. The van der Waals surface area contributed by atoms with Crippen LogP contribution in [0.5, 0.6) is 0 Å². The fraction of sp³-hybridized carbons (Fsp3) is 0.412. The zero-order valence-corrected chi connectivity index (χ0v) is 12.7. The van der Waals surface area contributed by atoms with Gasteiger partial charge in [-0.25, -0.2) is 0 Å². The van der Waals surface area contributed by atoms with Crippen LogP contribution in [0.3, 0.4) is 0 Å². The van der Waals surface area contributed by atoms with Gasteiger partial charge >= 0.3 is 0 Å². The van der Waals surface area contributed by atoms with E-state index < -0.39 is 0 Å². The molecule has 0 saturated carbocycles. The Morgan fingerprint density at radius 3 is 3.05 bits per heavy atom. The first kappa shape index (κ1) is 14.6. The van der Waals surface area contributed by atoms with E-state index in [0.29, 0.717) is 25.9 Å². The number of fused-ring (bicyclic) bond motifs is 1. The maximum Gasteiger partial charge on any atom is 0.224 e. The summed E-state index contributed by atoms with van der Waals surface area (Å²) in [6, 6.07) is 6.35. The van der Waals surface area contributed by atoms with Crippen molar-refractivity contribution >= 4 is 22.7 Å². The molecule has 2 heterocycles. The van der Waals surface area contributed by atoms with Crippen molar-refractivity contribution in [2.45, 2.75) is 26.2 Å². The van der Waals surface area contributed by atoms with Gasteiger partial charge in [0.15, 0.2) is 0 Å². The number of hydrogen-bond donors (Lipinski definition) is 3. The molecule has 0 spiro atoms. The minimum atomic E-state index is -0.0941. The molecular formula is C17H21N3O2. The number of carbonyl (C=O) groups excluding carboxylic acids is 2. The minimum absolute atomic E-state index is 0.0377. The molecule has 2 amide bonds. The summed E-state index contributed by atoms with van der Waals surface area (Å²) < 4.78 is 0. The van der Waals surface area contributed by atoms with Gasteiger partial charge in [-0.1, -0.05) is 12.1 Å². The van der Waals surface area contributed by atoms with Crippen molar-refractivity contribution in [2.24, 2.45) is 5.92 Å². The van der Waals surface area contributed by atoms with Gasteiger partial charge < -0.3 is 15.6 Å². The Bertz CT molecular complexity index is 695. The highest BCUT2D eigenvalue weighted by Crippen LogP contribution is 2.19. The Labute approximate surface area is 129 Å². The highest BCUT2D eigenvalue weighted by Gasteiger charge is 2.23. The predicted molar refractivity (Wildman–Crippen MR) is 85.5 cm³/mol. The average Bonchev–Trinajstić information content (AvgIpc) is 2.90. The molecule has 1 fully saturated rings. The van der Waals surface area contributed by atoms with E-state index >= 15 is 0 Å². The third-order valence-electron chi connectivity index (χ3n) is 4.25. The smallest absolute Gasteiger partial charge is 0.224 e. The normalized spacial score (nSPS) is 18.2. The highest BCUT2D eigenvalue weighted by atomic mass is 16.2. The second kappa shape index (κ2) is 6.22. The number of aryl methyl sites for hydroxylation is 1. The van der Waals surface area contributed by atoms with Crippen molar-refractivity contribution in [3.8, 4) is 0 Å². The van der Waals surface area contributed by atoms with Crippen molar-refractivity contribution in [2.75, 3.05) is 13.1 Å². The van der Waals surface area contributed by atoms with E-state index in [-0.39, 0.29) is 17.7 Å². The molecule has 5 heteroatoms. The highest BCUT2D eigenvalue weighted by molar-refractivity contribution is 5.85. The zero-order valence-electron chi connectivity index (χ0n) is 12.7. The SMILES string of the molecule is Cc1ccc2c(CCNC(=O)[C@H]3CCC(=O)NC3)c[nH]c2c1. The number of benzene rings is 1. The first-order valence-corrected chi connectivity index (χ1v) is 7.74. The molecule has 3 N–H and O–H groups in total. The first-order chi connectivity index (χ1) is 10.6. The lowest BCUT2D eigenvalue weighted by Gasteiger charge is -2.21. The van der Waals surface area contributed by atoms with Gasteiger partial charge in [0, 0.05) is 36.6 Å². The fourth-order valence-corrected chi connectivity index (χ4v) is 2.93. The molecule has 0 radical (unpaired) electrons. The number of nitrogens with one attached hydrogen (secondary N) is 3. The quantitative estimate of drug-likeness (QED) is 0.803. The second-order valence-corrected chi connectivity index (χ2v) is 5.94. The van der Waals surface area contributed by atoms with Crippen LogP contribution in [0.2, 0.25) is 0 Å². The van der Waals surface area contributed by atoms with Crippen molar-refractivity contribution in [1.29, 1.82) is 0 Å². The first-order valence-electron chi connectivity index (χ1n) is 7.74. The van der Waals surface area contributed by atoms with Gasteiger partial charge in [-0.3, -0.25) is 9.59 Å². The van der Waals surface area contributed by atoms with Crippen LogP contribution in [0, 0.1) is 12.8 Å². The van der Waals surface area contributed by atoms with Gasteiger partial charge in [0.2, 0.25) is 11.8 Å². The molecule has 0 bridgehead atoms. The molecule has 22 heavy (non-hydrogen) atoms. The Hall–Kier alpha value is -2.30. The van der Waals surface area contributed by atoms with E-state index in [2.05, 4.69) is 40.7 Å². The number of aromatic nitrogens is 1. The predicted octanol–water partition coefficient (Wildman–Crippen LogP) is 1.66. The molecule has 1 aromatic carbocycles. The number of amides is 2. The van der Waals surface area contributed by atoms with Gasteiger partial charge in [-0.05, 0) is 37.0 Å². The molecule has 3 rings (SSSR count). The van der Waals surface area contributed by atoms with E-state index in [1.807, 2.05) is 6.20 Å².